The van der Waals surface area contributed by atoms with Crippen molar-refractivity contribution >= 4 is 0 Å². The van der Waals surface area contributed by atoms with Gasteiger partial charge in [-0.2, -0.15) is 0 Å². The number of hydrogen-bond acceptors (Lipinski definition) is 3. The summed E-state index contributed by atoms with van der Waals surface area (Å²) in [7, 11) is 2.00. The third-order valence-corrected chi connectivity index (χ3v) is 3.88. The van der Waals surface area contributed by atoms with E-state index in [0.29, 0.717) is 18.7 Å². The van der Waals surface area contributed by atoms with Crippen LogP contribution >= 0.6 is 0 Å². The molecule has 2 heterocycles. The summed E-state index contributed by atoms with van der Waals surface area (Å²) < 4.78 is 15.7. The number of nitrogens with zero attached hydrogens (tertiary/aromatic N) is 3. The van der Waals surface area contributed by atoms with Gasteiger partial charge in [-0.25, -0.2) is 9.37 Å². The van der Waals surface area contributed by atoms with Crippen molar-refractivity contribution in [3.05, 3.63) is 53.4 Å². The first-order valence-electron chi connectivity index (χ1n) is 6.79. The van der Waals surface area contributed by atoms with Crippen LogP contribution in [0.5, 0.6) is 0 Å². The monoisotopic (exact) mass is 275 g/mol. The van der Waals surface area contributed by atoms with E-state index < -0.39 is 6.10 Å². The van der Waals surface area contributed by atoms with Crippen molar-refractivity contribution in [1.82, 2.24) is 14.5 Å². The molecule has 4 nitrogen and oxygen atoms in total. The summed E-state index contributed by atoms with van der Waals surface area (Å²) in [5.41, 5.74) is 2.67. The summed E-state index contributed by atoms with van der Waals surface area (Å²) in [6, 6.07) is 6.39. The number of aliphatic hydroxyl groups excluding tert-OH is 1. The normalized spacial score (nSPS) is 16.9. The van der Waals surface area contributed by atoms with Gasteiger partial charge in [0.25, 0.3) is 0 Å². The molecule has 3 rings (SSSR count). The lowest BCUT2D eigenvalue weighted by atomic mass is 10.1. The van der Waals surface area contributed by atoms with Crippen LogP contribution < -0.4 is 0 Å². The Morgan fingerprint density at radius 1 is 1.40 bits per heavy atom. The molecular formula is C15H18FN3O. The van der Waals surface area contributed by atoms with Crippen molar-refractivity contribution in [2.75, 3.05) is 13.1 Å². The number of benzene rings is 1. The van der Waals surface area contributed by atoms with Gasteiger partial charge in [0.15, 0.2) is 0 Å². The fourth-order valence-corrected chi connectivity index (χ4v) is 2.76. The van der Waals surface area contributed by atoms with Crippen LogP contribution in [0.4, 0.5) is 4.39 Å². The van der Waals surface area contributed by atoms with E-state index in [-0.39, 0.29) is 5.82 Å². The van der Waals surface area contributed by atoms with Crippen LogP contribution in [0.2, 0.25) is 0 Å². The Morgan fingerprint density at radius 2 is 2.20 bits per heavy atom. The first-order chi connectivity index (χ1) is 9.65. The number of halogens is 1. The van der Waals surface area contributed by atoms with Crippen LogP contribution in [0.25, 0.3) is 0 Å². The van der Waals surface area contributed by atoms with Crippen LogP contribution in [0.1, 0.15) is 23.1 Å². The zero-order chi connectivity index (χ0) is 14.1. The zero-order valence-corrected chi connectivity index (χ0v) is 11.5. The smallest absolute Gasteiger partial charge is 0.129 e. The summed E-state index contributed by atoms with van der Waals surface area (Å²) in [5, 5.41) is 10.2. The van der Waals surface area contributed by atoms with Crippen LogP contribution in [0, 0.1) is 5.82 Å². The number of hydrogen-bond donors (Lipinski definition) is 1. The van der Waals surface area contributed by atoms with E-state index in [1.807, 2.05) is 17.9 Å². The van der Waals surface area contributed by atoms with Crippen molar-refractivity contribution in [3.8, 4) is 0 Å². The predicted molar refractivity (Wildman–Crippen MR) is 73.5 cm³/mol. The first kappa shape index (κ1) is 13.3. The van der Waals surface area contributed by atoms with Crippen molar-refractivity contribution < 1.29 is 9.50 Å². The number of aromatic nitrogens is 2. The maximum atomic E-state index is 13.6. The number of aryl methyl sites for hydroxylation is 1. The Bertz CT molecular complexity index is 611. The van der Waals surface area contributed by atoms with Gasteiger partial charge < -0.3 is 9.67 Å². The highest BCUT2D eigenvalue weighted by Crippen LogP contribution is 2.22. The van der Waals surface area contributed by atoms with Crippen molar-refractivity contribution in [1.29, 1.82) is 0 Å². The summed E-state index contributed by atoms with van der Waals surface area (Å²) in [6.45, 7) is 2.00. The third kappa shape index (κ3) is 2.46. The number of fused-ring (bicyclic) bond motifs is 1. The molecule has 0 spiro atoms. The van der Waals surface area contributed by atoms with Crippen molar-refractivity contribution in [2.24, 2.45) is 7.05 Å². The van der Waals surface area contributed by atoms with Gasteiger partial charge in [-0.05, 0) is 6.07 Å². The minimum absolute atomic E-state index is 0.351. The number of rotatable bonds is 3. The second-order valence-electron chi connectivity index (χ2n) is 5.27. The molecule has 1 aliphatic heterocycles. The van der Waals surface area contributed by atoms with Crippen molar-refractivity contribution in [2.45, 2.75) is 19.1 Å². The predicted octanol–water partition coefficient (Wildman–Crippen LogP) is 1.65. The third-order valence-electron chi connectivity index (χ3n) is 3.88. The van der Waals surface area contributed by atoms with Gasteiger partial charge in [0, 0.05) is 44.4 Å². The molecule has 1 atom stereocenters. The van der Waals surface area contributed by atoms with E-state index in [1.165, 1.54) is 11.8 Å². The Morgan fingerprint density at radius 3 is 3.00 bits per heavy atom. The highest BCUT2D eigenvalue weighted by Gasteiger charge is 2.23. The molecule has 1 unspecified atom stereocenters. The number of β-amino-alcohol motifs (C(OH)–C–C–N with tert-alkyl or cyclic N) is 1. The van der Waals surface area contributed by atoms with Gasteiger partial charge in [0.05, 0.1) is 18.1 Å². The van der Waals surface area contributed by atoms with E-state index in [0.717, 1.165) is 18.7 Å². The second kappa shape index (κ2) is 5.34. The van der Waals surface area contributed by atoms with Crippen LogP contribution in [-0.2, 0) is 20.0 Å². The van der Waals surface area contributed by atoms with Gasteiger partial charge in [0.2, 0.25) is 0 Å². The fourth-order valence-electron chi connectivity index (χ4n) is 2.76. The minimum atomic E-state index is -0.804. The van der Waals surface area contributed by atoms with Gasteiger partial charge >= 0.3 is 0 Å². The molecular weight excluding hydrogens is 257 g/mol. The minimum Gasteiger partial charge on any atom is -0.387 e. The molecule has 0 radical (unpaired) electrons. The summed E-state index contributed by atoms with van der Waals surface area (Å²) in [4.78, 5) is 6.49. The highest BCUT2D eigenvalue weighted by molar-refractivity contribution is 5.21. The molecule has 0 fully saturated rings. The molecule has 0 amide bonds. The van der Waals surface area contributed by atoms with E-state index in [2.05, 4.69) is 9.88 Å². The first-order valence-corrected chi connectivity index (χ1v) is 6.79. The molecule has 5 heteroatoms. The highest BCUT2D eigenvalue weighted by atomic mass is 19.1. The lowest BCUT2D eigenvalue weighted by Crippen LogP contribution is -2.34. The average Bonchev–Trinajstić information content (AvgIpc) is 2.80. The summed E-state index contributed by atoms with van der Waals surface area (Å²) >= 11 is 0. The Hall–Kier alpha value is -1.72. The molecule has 0 saturated heterocycles. The van der Waals surface area contributed by atoms with Crippen molar-refractivity contribution in [3.63, 3.8) is 0 Å². The fraction of sp³-hybridized carbons (Fsp3) is 0.400. The molecule has 20 heavy (non-hydrogen) atoms. The molecule has 106 valence electrons. The largest absolute Gasteiger partial charge is 0.387 e. The van der Waals surface area contributed by atoms with E-state index >= 15 is 0 Å². The number of aliphatic hydroxyl groups is 1. The van der Waals surface area contributed by atoms with E-state index in [4.69, 9.17) is 0 Å². The lowest BCUT2D eigenvalue weighted by molar-refractivity contribution is 0.102. The summed E-state index contributed by atoms with van der Waals surface area (Å²) in [5.74, 6) is -0.351. The molecule has 1 aromatic heterocycles. The maximum absolute atomic E-state index is 13.6. The standard InChI is InChI=1S/C15H18FN3O/c1-18-10-17-13-8-19(7-6-14(13)18)9-15(20)11-4-2-3-5-12(11)16/h2-5,10,15,20H,6-9H2,1H3. The van der Waals surface area contributed by atoms with Gasteiger partial charge in [-0.15, -0.1) is 0 Å². The molecule has 0 saturated carbocycles. The molecule has 0 aliphatic carbocycles. The molecule has 1 N–H and O–H groups in total. The average molecular weight is 275 g/mol. The quantitative estimate of drug-likeness (QED) is 0.926. The molecule has 1 aromatic carbocycles. The Balaban J connectivity index is 1.69. The van der Waals surface area contributed by atoms with Crippen LogP contribution in [0.3, 0.4) is 0 Å². The molecule has 0 bridgehead atoms. The SMILES string of the molecule is Cn1cnc2c1CCN(CC(O)c1ccccc1F)C2. The number of imidazole rings is 1. The Kier molecular flexibility index (Phi) is 3.54. The maximum Gasteiger partial charge on any atom is 0.129 e. The summed E-state index contributed by atoms with van der Waals surface area (Å²) in [6.07, 6.45) is 1.93. The lowest BCUT2D eigenvalue weighted by Gasteiger charge is -2.28. The van der Waals surface area contributed by atoms with Gasteiger partial charge in [0.1, 0.15) is 5.82 Å². The Labute approximate surface area is 117 Å². The van der Waals surface area contributed by atoms with E-state index in [1.54, 1.807) is 18.2 Å². The topological polar surface area (TPSA) is 41.3 Å². The van der Waals surface area contributed by atoms with Crippen LogP contribution in [-0.4, -0.2) is 32.6 Å². The van der Waals surface area contributed by atoms with Gasteiger partial charge in [-0.1, -0.05) is 18.2 Å². The van der Waals surface area contributed by atoms with E-state index in [9.17, 15) is 9.50 Å². The second-order valence-corrected chi connectivity index (χ2v) is 5.27. The van der Waals surface area contributed by atoms with Crippen LogP contribution in [0.15, 0.2) is 30.6 Å². The zero-order valence-electron chi connectivity index (χ0n) is 11.5. The molecule has 2 aromatic rings. The van der Waals surface area contributed by atoms with Gasteiger partial charge in [-0.3, -0.25) is 4.90 Å². The molecule has 1 aliphatic rings.